The smallest absolute Gasteiger partial charge is 0.220 e. The molecular formula is C11H22N2OS. The van der Waals surface area contributed by atoms with Gasteiger partial charge < -0.3 is 11.1 Å². The van der Waals surface area contributed by atoms with Gasteiger partial charge in [0.1, 0.15) is 0 Å². The number of rotatable bonds is 5. The summed E-state index contributed by atoms with van der Waals surface area (Å²) in [5, 5.41) is 3.64. The first-order valence-electron chi connectivity index (χ1n) is 5.80. The van der Waals surface area contributed by atoms with Gasteiger partial charge in [0, 0.05) is 18.2 Å². The molecule has 3 nitrogen and oxygen atoms in total. The fraction of sp³-hybridized carbons (Fsp3) is 0.909. The summed E-state index contributed by atoms with van der Waals surface area (Å²) >= 11 is 1.99. The first-order valence-corrected chi connectivity index (χ1v) is 6.85. The van der Waals surface area contributed by atoms with Crippen LogP contribution in [0.2, 0.25) is 0 Å². The lowest BCUT2D eigenvalue weighted by atomic mass is 10.1. The molecule has 0 radical (unpaired) electrons. The summed E-state index contributed by atoms with van der Waals surface area (Å²) < 4.78 is 0. The summed E-state index contributed by atoms with van der Waals surface area (Å²) in [5.41, 5.74) is 5.48. The minimum absolute atomic E-state index is 0.152. The van der Waals surface area contributed by atoms with Crippen molar-refractivity contribution in [3.8, 4) is 0 Å². The minimum Gasteiger partial charge on any atom is -0.355 e. The van der Waals surface area contributed by atoms with E-state index in [1.807, 2.05) is 18.7 Å². The Balaban J connectivity index is 2.10. The van der Waals surface area contributed by atoms with Crippen molar-refractivity contribution in [1.82, 2.24) is 5.32 Å². The van der Waals surface area contributed by atoms with Crippen molar-refractivity contribution in [2.45, 2.75) is 37.9 Å². The van der Waals surface area contributed by atoms with Gasteiger partial charge in [-0.3, -0.25) is 4.79 Å². The molecule has 1 heterocycles. The van der Waals surface area contributed by atoms with Crippen LogP contribution in [0.15, 0.2) is 0 Å². The number of hydrogen-bond acceptors (Lipinski definition) is 3. The molecule has 0 aromatic carbocycles. The Morgan fingerprint density at radius 3 is 3.00 bits per heavy atom. The molecule has 3 N–H and O–H groups in total. The van der Waals surface area contributed by atoms with Crippen LogP contribution in [0, 0.1) is 5.92 Å². The van der Waals surface area contributed by atoms with E-state index in [1.54, 1.807) is 0 Å². The molecule has 2 unspecified atom stereocenters. The van der Waals surface area contributed by atoms with E-state index in [9.17, 15) is 4.79 Å². The Bertz CT molecular complexity index is 193. The first-order chi connectivity index (χ1) is 7.22. The Morgan fingerprint density at radius 2 is 2.40 bits per heavy atom. The second-order valence-corrected chi connectivity index (χ2v) is 5.75. The van der Waals surface area contributed by atoms with Crippen molar-refractivity contribution in [3.63, 3.8) is 0 Å². The average molecular weight is 230 g/mol. The van der Waals surface area contributed by atoms with E-state index < -0.39 is 0 Å². The van der Waals surface area contributed by atoms with E-state index in [0.717, 1.165) is 6.54 Å². The standard InChI is InChI=1S/C11H22N2OS/c1-9(7-12)6-11(14)13-8-10-4-2-3-5-15-10/h9-10H,2-8,12H2,1H3,(H,13,14). The topological polar surface area (TPSA) is 55.1 Å². The molecule has 0 spiro atoms. The summed E-state index contributed by atoms with van der Waals surface area (Å²) in [4.78, 5) is 11.5. The molecule has 2 atom stereocenters. The van der Waals surface area contributed by atoms with Crippen LogP contribution in [-0.2, 0) is 4.79 Å². The Kier molecular flexibility index (Phi) is 6.10. The number of carbonyl (C=O) groups excluding carboxylic acids is 1. The van der Waals surface area contributed by atoms with Crippen LogP contribution < -0.4 is 11.1 Å². The van der Waals surface area contributed by atoms with Crippen LogP contribution in [0.3, 0.4) is 0 Å². The van der Waals surface area contributed by atoms with E-state index in [2.05, 4.69) is 5.32 Å². The lowest BCUT2D eigenvalue weighted by molar-refractivity contribution is -0.121. The molecule has 1 rings (SSSR count). The van der Waals surface area contributed by atoms with Crippen molar-refractivity contribution < 1.29 is 4.79 Å². The summed E-state index contributed by atoms with van der Waals surface area (Å²) in [6, 6.07) is 0. The van der Waals surface area contributed by atoms with Crippen LogP contribution in [0.25, 0.3) is 0 Å². The second kappa shape index (κ2) is 7.12. The third-order valence-corrected chi connectivity index (χ3v) is 4.14. The normalized spacial score (nSPS) is 23.5. The van der Waals surface area contributed by atoms with Crippen molar-refractivity contribution in [1.29, 1.82) is 0 Å². The first kappa shape index (κ1) is 12.8. The molecular weight excluding hydrogens is 208 g/mol. The number of nitrogens with two attached hydrogens (primary N) is 1. The van der Waals surface area contributed by atoms with Crippen molar-refractivity contribution in [2.75, 3.05) is 18.8 Å². The molecule has 0 aromatic heterocycles. The van der Waals surface area contributed by atoms with Crippen LogP contribution in [-0.4, -0.2) is 30.0 Å². The van der Waals surface area contributed by atoms with Gasteiger partial charge in [-0.25, -0.2) is 0 Å². The highest BCUT2D eigenvalue weighted by Gasteiger charge is 2.15. The van der Waals surface area contributed by atoms with Gasteiger partial charge in [0.15, 0.2) is 0 Å². The Labute approximate surface area is 96.6 Å². The number of nitrogens with one attached hydrogen (secondary N) is 1. The van der Waals surface area contributed by atoms with Gasteiger partial charge in [-0.1, -0.05) is 13.3 Å². The molecule has 15 heavy (non-hydrogen) atoms. The minimum atomic E-state index is 0.152. The van der Waals surface area contributed by atoms with Crippen molar-refractivity contribution in [3.05, 3.63) is 0 Å². The number of hydrogen-bond donors (Lipinski definition) is 2. The fourth-order valence-electron chi connectivity index (χ4n) is 1.67. The monoisotopic (exact) mass is 230 g/mol. The SMILES string of the molecule is CC(CN)CC(=O)NCC1CCCCS1. The Hall–Kier alpha value is -0.220. The van der Waals surface area contributed by atoms with Gasteiger partial charge in [0.2, 0.25) is 5.91 Å². The maximum Gasteiger partial charge on any atom is 0.220 e. The number of amides is 1. The molecule has 0 aromatic rings. The summed E-state index contributed by atoms with van der Waals surface area (Å²) in [7, 11) is 0. The van der Waals surface area contributed by atoms with Crippen LogP contribution in [0.4, 0.5) is 0 Å². The second-order valence-electron chi connectivity index (χ2n) is 4.34. The van der Waals surface area contributed by atoms with Crippen molar-refractivity contribution in [2.24, 2.45) is 11.7 Å². The maximum absolute atomic E-state index is 11.5. The van der Waals surface area contributed by atoms with Crippen LogP contribution in [0.5, 0.6) is 0 Å². The van der Waals surface area contributed by atoms with Gasteiger partial charge in [-0.2, -0.15) is 11.8 Å². The van der Waals surface area contributed by atoms with E-state index >= 15 is 0 Å². The van der Waals surface area contributed by atoms with E-state index in [1.165, 1.54) is 25.0 Å². The summed E-state index contributed by atoms with van der Waals surface area (Å²) in [5.74, 6) is 1.70. The molecule has 1 fully saturated rings. The zero-order valence-corrected chi connectivity index (χ0v) is 10.3. The molecule has 0 aliphatic carbocycles. The van der Waals surface area contributed by atoms with Gasteiger partial charge in [0.25, 0.3) is 0 Å². The zero-order valence-electron chi connectivity index (χ0n) is 9.50. The summed E-state index contributed by atoms with van der Waals surface area (Å²) in [6.07, 6.45) is 4.46. The lowest BCUT2D eigenvalue weighted by Gasteiger charge is -2.21. The molecule has 1 aliphatic rings. The van der Waals surface area contributed by atoms with Gasteiger partial charge in [0.05, 0.1) is 0 Å². The predicted octanol–water partition coefficient (Wildman–Crippen LogP) is 1.37. The van der Waals surface area contributed by atoms with E-state index in [0.29, 0.717) is 24.1 Å². The molecule has 4 heteroatoms. The maximum atomic E-state index is 11.5. The highest BCUT2D eigenvalue weighted by atomic mass is 32.2. The third-order valence-electron chi connectivity index (χ3n) is 2.74. The molecule has 0 saturated carbocycles. The van der Waals surface area contributed by atoms with E-state index in [4.69, 9.17) is 5.73 Å². The molecule has 1 saturated heterocycles. The fourth-order valence-corrected chi connectivity index (χ4v) is 2.91. The zero-order chi connectivity index (χ0) is 11.1. The summed E-state index contributed by atoms with van der Waals surface area (Å²) in [6.45, 7) is 3.43. The van der Waals surface area contributed by atoms with Gasteiger partial charge >= 0.3 is 0 Å². The van der Waals surface area contributed by atoms with Crippen LogP contribution >= 0.6 is 11.8 Å². The molecule has 1 amide bonds. The predicted molar refractivity (Wildman–Crippen MR) is 65.9 cm³/mol. The number of thioether (sulfide) groups is 1. The van der Waals surface area contributed by atoms with Gasteiger partial charge in [-0.15, -0.1) is 0 Å². The van der Waals surface area contributed by atoms with Gasteiger partial charge in [-0.05, 0) is 31.1 Å². The van der Waals surface area contributed by atoms with Crippen LogP contribution in [0.1, 0.15) is 32.6 Å². The lowest BCUT2D eigenvalue weighted by Crippen LogP contribution is -2.33. The largest absolute Gasteiger partial charge is 0.355 e. The van der Waals surface area contributed by atoms with Crippen molar-refractivity contribution >= 4 is 17.7 Å². The highest BCUT2D eigenvalue weighted by Crippen LogP contribution is 2.24. The van der Waals surface area contributed by atoms with E-state index in [-0.39, 0.29) is 5.91 Å². The molecule has 1 aliphatic heterocycles. The molecule has 88 valence electrons. The highest BCUT2D eigenvalue weighted by molar-refractivity contribution is 7.99. The quantitative estimate of drug-likeness (QED) is 0.750. The average Bonchev–Trinajstić information content (AvgIpc) is 2.27. The molecule has 0 bridgehead atoms. The Morgan fingerprint density at radius 1 is 1.60 bits per heavy atom. The third kappa shape index (κ3) is 5.42. The number of carbonyl (C=O) groups is 1.